The minimum Gasteiger partial charge on any atom is -0.358 e. The number of piperidine rings is 1. The maximum Gasteiger partial charge on any atom is 0.326 e. The highest BCUT2D eigenvalue weighted by molar-refractivity contribution is 6.09. The summed E-state index contributed by atoms with van der Waals surface area (Å²) in [7, 11) is 1.69. The summed E-state index contributed by atoms with van der Waals surface area (Å²) in [6, 6.07) is 7.99. The number of aryl methyl sites for hydroxylation is 1. The highest BCUT2D eigenvalue weighted by Gasteiger charge is 2.51. The summed E-state index contributed by atoms with van der Waals surface area (Å²) in [5, 5.41) is 2.83. The molecule has 1 atom stereocenters. The Hall–Kier alpha value is -3.42. The number of nitrogens with one attached hydrogen (secondary N) is 2. The van der Waals surface area contributed by atoms with Crippen molar-refractivity contribution in [2.75, 3.05) is 25.0 Å². The number of amides is 1. The van der Waals surface area contributed by atoms with Crippen LogP contribution in [0.1, 0.15) is 49.9 Å². The number of rotatable bonds is 6. The Bertz CT molecular complexity index is 1300. The van der Waals surface area contributed by atoms with Gasteiger partial charge < -0.3 is 15.2 Å². The molecule has 2 aliphatic rings. The van der Waals surface area contributed by atoms with Gasteiger partial charge in [-0.3, -0.25) is 9.36 Å². The topological polar surface area (TPSA) is 95.9 Å². The van der Waals surface area contributed by atoms with Gasteiger partial charge in [-0.1, -0.05) is 31.6 Å². The summed E-state index contributed by atoms with van der Waals surface area (Å²) in [5.41, 5.74) is 4.14. The molecule has 5 rings (SSSR count). The number of carbonyl (C=O) groups excluding carboxylic acids is 1. The summed E-state index contributed by atoms with van der Waals surface area (Å²) in [4.78, 5) is 39.7. The van der Waals surface area contributed by atoms with E-state index >= 15 is 0 Å². The fourth-order valence-electron chi connectivity index (χ4n) is 5.42. The quantitative estimate of drug-likeness (QED) is 0.606. The minimum atomic E-state index is -0.552. The normalized spacial score (nSPS) is 20.7. The summed E-state index contributed by atoms with van der Waals surface area (Å²) in [6.45, 7) is 5.65. The van der Waals surface area contributed by atoms with Gasteiger partial charge in [-0.25, -0.2) is 14.8 Å². The number of imidazole rings is 1. The van der Waals surface area contributed by atoms with Gasteiger partial charge in [0, 0.05) is 31.7 Å². The standard InChI is InChI=1S/C25H30N6O2/c1-4-11-25(23(32)26-3)14-18(25)21-16(2)27-15-28-22(21)30-12-9-17(10-13-30)31-20-8-6-5-7-19(20)29-24(31)33/h5-8,14-15,17H,4,9-13H2,1-3H3,(H,26,32)(H,29,33). The largest absolute Gasteiger partial charge is 0.358 e. The molecule has 2 N–H and O–H groups in total. The highest BCUT2D eigenvalue weighted by Crippen LogP contribution is 2.56. The van der Waals surface area contributed by atoms with Crippen LogP contribution >= 0.6 is 0 Å². The Balaban J connectivity index is 1.41. The van der Waals surface area contributed by atoms with Crippen LogP contribution in [0.25, 0.3) is 16.6 Å². The number of para-hydroxylation sites is 2. The predicted molar refractivity (Wildman–Crippen MR) is 129 cm³/mol. The molecule has 0 radical (unpaired) electrons. The van der Waals surface area contributed by atoms with Crippen molar-refractivity contribution < 1.29 is 4.79 Å². The third-order valence-electron chi connectivity index (χ3n) is 7.10. The lowest BCUT2D eigenvalue weighted by molar-refractivity contribution is -0.124. The second-order valence-corrected chi connectivity index (χ2v) is 9.05. The number of aromatic amines is 1. The first-order chi connectivity index (χ1) is 16.0. The molecule has 1 amide bonds. The third-order valence-corrected chi connectivity index (χ3v) is 7.10. The zero-order valence-corrected chi connectivity index (χ0v) is 19.4. The Morgan fingerprint density at radius 3 is 2.73 bits per heavy atom. The van der Waals surface area contributed by atoms with Crippen LogP contribution in [0.3, 0.4) is 0 Å². The molecule has 3 aromatic rings. The van der Waals surface area contributed by atoms with Gasteiger partial charge in [-0.2, -0.15) is 0 Å². The first-order valence-corrected chi connectivity index (χ1v) is 11.7. The second kappa shape index (κ2) is 8.17. The van der Waals surface area contributed by atoms with Crippen LogP contribution in [0.4, 0.5) is 5.82 Å². The number of H-pyrrole nitrogens is 1. The number of fused-ring (bicyclic) bond motifs is 1. The molecule has 172 valence electrons. The predicted octanol–water partition coefficient (Wildman–Crippen LogP) is 3.20. The van der Waals surface area contributed by atoms with Crippen LogP contribution < -0.4 is 15.9 Å². The second-order valence-electron chi connectivity index (χ2n) is 9.05. The van der Waals surface area contributed by atoms with Crippen molar-refractivity contribution in [3.63, 3.8) is 0 Å². The zero-order valence-electron chi connectivity index (χ0n) is 19.4. The van der Waals surface area contributed by atoms with Crippen molar-refractivity contribution in [1.82, 2.24) is 24.8 Å². The molecule has 1 aromatic carbocycles. The molecule has 1 unspecified atom stereocenters. The lowest BCUT2D eigenvalue weighted by Crippen LogP contribution is -2.38. The first kappa shape index (κ1) is 21.4. The van der Waals surface area contributed by atoms with Crippen molar-refractivity contribution in [2.45, 2.75) is 45.6 Å². The van der Waals surface area contributed by atoms with E-state index in [4.69, 9.17) is 0 Å². The van der Waals surface area contributed by atoms with Crippen molar-refractivity contribution in [2.24, 2.45) is 5.41 Å². The molecule has 1 aliphatic carbocycles. The molecule has 0 bridgehead atoms. The van der Waals surface area contributed by atoms with Gasteiger partial charge in [0.1, 0.15) is 12.1 Å². The van der Waals surface area contributed by atoms with Crippen LogP contribution in [0.2, 0.25) is 0 Å². The summed E-state index contributed by atoms with van der Waals surface area (Å²) in [6.07, 6.45) is 7.07. The van der Waals surface area contributed by atoms with E-state index in [9.17, 15) is 9.59 Å². The maximum atomic E-state index is 12.7. The molecule has 8 nitrogen and oxygen atoms in total. The Labute approximate surface area is 192 Å². The SMILES string of the molecule is CCCC1(C(=O)NC)C=C1c1c(C)ncnc1N1CCC(n2c(=O)[nH]c3ccccc32)CC1. The van der Waals surface area contributed by atoms with Gasteiger partial charge in [0.05, 0.1) is 22.1 Å². The van der Waals surface area contributed by atoms with Crippen LogP contribution in [0, 0.1) is 12.3 Å². The fourth-order valence-corrected chi connectivity index (χ4v) is 5.42. The number of anilines is 1. The fraction of sp³-hybridized carbons (Fsp3) is 0.440. The Morgan fingerprint density at radius 2 is 2.00 bits per heavy atom. The number of hydrogen-bond donors (Lipinski definition) is 2. The molecular weight excluding hydrogens is 416 g/mol. The van der Waals surface area contributed by atoms with Gasteiger partial charge in [-0.15, -0.1) is 0 Å². The van der Waals surface area contributed by atoms with E-state index in [1.165, 1.54) is 0 Å². The van der Waals surface area contributed by atoms with E-state index in [0.29, 0.717) is 0 Å². The first-order valence-electron chi connectivity index (χ1n) is 11.7. The van der Waals surface area contributed by atoms with E-state index in [-0.39, 0.29) is 17.6 Å². The number of aromatic nitrogens is 4. The van der Waals surface area contributed by atoms with E-state index < -0.39 is 5.41 Å². The van der Waals surface area contributed by atoms with E-state index in [1.54, 1.807) is 13.4 Å². The van der Waals surface area contributed by atoms with Crippen LogP contribution in [-0.4, -0.2) is 45.6 Å². The van der Waals surface area contributed by atoms with E-state index in [2.05, 4.69) is 38.2 Å². The molecule has 3 heterocycles. The summed E-state index contributed by atoms with van der Waals surface area (Å²) in [5.74, 6) is 0.923. The van der Waals surface area contributed by atoms with Crippen molar-refractivity contribution in [1.29, 1.82) is 0 Å². The monoisotopic (exact) mass is 446 g/mol. The molecule has 33 heavy (non-hydrogen) atoms. The number of hydrogen-bond acceptors (Lipinski definition) is 5. The molecule has 1 aliphatic heterocycles. The number of carbonyl (C=O) groups is 1. The summed E-state index contributed by atoms with van der Waals surface area (Å²) >= 11 is 0. The lowest BCUT2D eigenvalue weighted by Gasteiger charge is -2.34. The number of nitrogens with zero attached hydrogens (tertiary/aromatic N) is 4. The summed E-state index contributed by atoms with van der Waals surface area (Å²) < 4.78 is 1.90. The van der Waals surface area contributed by atoms with Crippen LogP contribution in [-0.2, 0) is 4.79 Å². The van der Waals surface area contributed by atoms with E-state index in [1.807, 2.05) is 35.8 Å². The maximum absolute atomic E-state index is 12.7. The molecule has 0 spiro atoms. The van der Waals surface area contributed by atoms with Crippen molar-refractivity contribution in [3.8, 4) is 0 Å². The Kier molecular flexibility index (Phi) is 5.31. The van der Waals surface area contributed by atoms with Crippen LogP contribution in [0.15, 0.2) is 41.5 Å². The molecule has 1 saturated heterocycles. The van der Waals surface area contributed by atoms with Gasteiger partial charge in [0.2, 0.25) is 5.91 Å². The number of benzene rings is 1. The van der Waals surface area contributed by atoms with Gasteiger partial charge in [0.25, 0.3) is 0 Å². The molecule has 2 aromatic heterocycles. The third kappa shape index (κ3) is 3.44. The highest BCUT2D eigenvalue weighted by atomic mass is 16.2. The average Bonchev–Trinajstić information content (AvgIpc) is 3.44. The van der Waals surface area contributed by atoms with Gasteiger partial charge >= 0.3 is 5.69 Å². The molecule has 0 saturated carbocycles. The average molecular weight is 447 g/mol. The van der Waals surface area contributed by atoms with Crippen molar-refractivity contribution in [3.05, 3.63) is 58.4 Å². The molecular formula is C25H30N6O2. The van der Waals surface area contributed by atoms with Crippen LogP contribution in [0.5, 0.6) is 0 Å². The van der Waals surface area contributed by atoms with Gasteiger partial charge in [0.15, 0.2) is 0 Å². The minimum absolute atomic E-state index is 0.0333. The Morgan fingerprint density at radius 1 is 1.24 bits per heavy atom. The van der Waals surface area contributed by atoms with Gasteiger partial charge in [-0.05, 0) is 43.9 Å². The molecule has 8 heteroatoms. The molecule has 1 fully saturated rings. The van der Waals surface area contributed by atoms with E-state index in [0.717, 1.165) is 72.5 Å². The smallest absolute Gasteiger partial charge is 0.326 e. The lowest BCUT2D eigenvalue weighted by atomic mass is 9.89. The zero-order chi connectivity index (χ0) is 23.2. The van der Waals surface area contributed by atoms with Crippen molar-refractivity contribution >= 4 is 28.3 Å².